The minimum absolute atomic E-state index is 0. The zero-order chi connectivity index (χ0) is 18.8. The molecule has 0 saturated heterocycles. The van der Waals surface area contributed by atoms with Crippen LogP contribution < -0.4 is 29.6 Å². The third kappa shape index (κ3) is 6.93. The van der Waals surface area contributed by atoms with Crippen LogP contribution in [0.25, 0.3) is 20.4 Å². The van der Waals surface area contributed by atoms with Gasteiger partial charge < -0.3 is 25.3 Å². The number of hydrogen-bond donors (Lipinski definition) is 3. The second kappa shape index (κ2) is 12.3. The number of nitrogens with one attached hydrogen (secondary N) is 2. The summed E-state index contributed by atoms with van der Waals surface area (Å²) in [6.07, 6.45) is 0. The molecule has 0 atom stereocenters. The van der Waals surface area contributed by atoms with E-state index >= 15 is 0 Å². The monoisotopic (exact) mass is 574 g/mol. The van der Waals surface area contributed by atoms with Gasteiger partial charge in [0.05, 0.1) is 34.6 Å². The van der Waals surface area contributed by atoms with Crippen molar-refractivity contribution in [1.82, 2.24) is 9.97 Å². The molecule has 0 saturated carbocycles. The summed E-state index contributed by atoms with van der Waals surface area (Å²) in [6.45, 7) is 2.19. The average molecular weight is 576 g/mol. The normalized spacial score (nSPS) is 9.62. The molecule has 4 N–H and O–H groups in total. The molecule has 0 radical (unpaired) electrons. The van der Waals surface area contributed by atoms with Gasteiger partial charge in [0.15, 0.2) is 0 Å². The summed E-state index contributed by atoms with van der Waals surface area (Å²) >= 11 is 9.79. The molecule has 7 nitrogen and oxygen atoms in total. The van der Waals surface area contributed by atoms with Gasteiger partial charge in [-0.15, -0.1) is 22.7 Å². The van der Waals surface area contributed by atoms with Crippen LogP contribution in [-0.4, -0.2) is 39.1 Å². The van der Waals surface area contributed by atoms with E-state index in [1.807, 2.05) is 18.2 Å². The summed E-state index contributed by atoms with van der Waals surface area (Å²) in [7, 11) is 0. The largest absolute Gasteiger partial charge is 1.00 e. The maximum Gasteiger partial charge on any atom is 1.00 e. The summed E-state index contributed by atoms with van der Waals surface area (Å²) in [5.41, 5.74) is 2.58. The molecule has 0 aliphatic heterocycles. The quantitative estimate of drug-likeness (QED) is 0.255. The van der Waals surface area contributed by atoms with Gasteiger partial charge in [-0.1, -0.05) is 7.43 Å². The van der Waals surface area contributed by atoms with E-state index in [1.165, 1.54) is 11.3 Å². The predicted molar refractivity (Wildman–Crippen MR) is 119 cm³/mol. The van der Waals surface area contributed by atoms with E-state index in [1.54, 1.807) is 24.3 Å². The number of rotatable bonds is 3. The van der Waals surface area contributed by atoms with Crippen LogP contribution in [0.1, 0.15) is 35.3 Å². The molecule has 0 fully saturated rings. The molecule has 0 aromatic carbocycles. The van der Waals surface area contributed by atoms with E-state index in [0.29, 0.717) is 12.3 Å². The number of H-pyrrole nitrogens is 2. The van der Waals surface area contributed by atoms with E-state index in [-0.39, 0.29) is 54.1 Å². The van der Waals surface area contributed by atoms with Crippen LogP contribution in [0.5, 0.6) is 0 Å². The first kappa shape index (κ1) is 28.3. The Morgan fingerprint density at radius 1 is 1.00 bits per heavy atom. The van der Waals surface area contributed by atoms with Crippen molar-refractivity contribution in [2.75, 3.05) is 6.61 Å². The Morgan fingerprint density at radius 2 is 1.45 bits per heavy atom. The molecule has 4 rings (SSSR count). The number of hydrogen-bond acceptors (Lipinski definition) is 6. The van der Waals surface area contributed by atoms with Crippen LogP contribution in [0.4, 0.5) is 0 Å². The first-order chi connectivity index (χ1) is 12.4. The van der Waals surface area contributed by atoms with Gasteiger partial charge in [0, 0.05) is 0 Å². The third-order valence-corrected chi connectivity index (χ3v) is 6.45. The summed E-state index contributed by atoms with van der Waals surface area (Å²) in [4.78, 5) is 27.7. The van der Waals surface area contributed by atoms with E-state index in [9.17, 15) is 9.59 Å². The van der Waals surface area contributed by atoms with Crippen molar-refractivity contribution in [3.05, 3.63) is 43.2 Å². The Balaban J connectivity index is 0.000000494. The van der Waals surface area contributed by atoms with Gasteiger partial charge in [0.1, 0.15) is 11.4 Å². The molecule has 4 aromatic heterocycles. The van der Waals surface area contributed by atoms with E-state index < -0.39 is 5.97 Å². The Hall–Kier alpha value is -0.660. The number of carboxylic acids is 1. The number of aromatic carboxylic acids is 1. The van der Waals surface area contributed by atoms with Crippen molar-refractivity contribution in [1.29, 1.82) is 0 Å². The van der Waals surface area contributed by atoms with Crippen LogP contribution >= 0.6 is 54.5 Å². The van der Waals surface area contributed by atoms with Crippen molar-refractivity contribution in [3.8, 4) is 0 Å². The number of aromatic amines is 2. The van der Waals surface area contributed by atoms with Crippen molar-refractivity contribution in [2.45, 2.75) is 14.4 Å². The minimum atomic E-state index is -0.922. The van der Waals surface area contributed by atoms with Gasteiger partial charge in [-0.3, -0.25) is 0 Å². The molecular formula is C17H17Br2N2NaO5S2. The van der Waals surface area contributed by atoms with Gasteiger partial charge in [0.25, 0.3) is 0 Å². The van der Waals surface area contributed by atoms with E-state index in [0.717, 1.165) is 28.0 Å². The maximum atomic E-state index is 11.3. The summed E-state index contributed by atoms with van der Waals surface area (Å²) < 4.78 is 8.94. The van der Waals surface area contributed by atoms with Crippen molar-refractivity contribution in [3.63, 3.8) is 0 Å². The van der Waals surface area contributed by atoms with Gasteiger partial charge in [0.2, 0.25) is 0 Å². The van der Waals surface area contributed by atoms with Crippen LogP contribution in [0, 0.1) is 0 Å². The minimum Gasteiger partial charge on any atom is -0.870 e. The molecular weight excluding hydrogens is 559 g/mol. The fourth-order valence-corrected chi connectivity index (χ4v) is 5.29. The van der Waals surface area contributed by atoms with Gasteiger partial charge in [-0.2, -0.15) is 0 Å². The standard InChI is InChI=1S/C9H8BrNO2S.C7H4BrNO2S.CH4.Na.H2O/c1-2-13-9(12)6-3-7-5(11-6)4-8(10)14-7;8-6-2-3-5(12-6)1-4(9-3)7(10)11;;;/h3-4,11H,2H2,1H3;1-2,9H,(H,10,11);1H4;;1H2/q;;;+1;/p-1. The van der Waals surface area contributed by atoms with E-state index in [4.69, 9.17) is 9.84 Å². The molecule has 29 heavy (non-hydrogen) atoms. The summed E-state index contributed by atoms with van der Waals surface area (Å²) in [6, 6.07) is 7.25. The first-order valence-electron chi connectivity index (χ1n) is 7.34. The second-order valence-electron chi connectivity index (χ2n) is 5.05. The maximum absolute atomic E-state index is 11.3. The van der Waals surface area contributed by atoms with Crippen molar-refractivity contribution >= 4 is 86.9 Å². The smallest absolute Gasteiger partial charge is 0.870 e. The van der Waals surface area contributed by atoms with Crippen LogP contribution in [-0.2, 0) is 4.74 Å². The molecule has 152 valence electrons. The molecule has 4 aromatic rings. The number of aromatic nitrogens is 2. The zero-order valence-corrected chi connectivity index (χ0v) is 21.5. The van der Waals surface area contributed by atoms with Crippen LogP contribution in [0.2, 0.25) is 0 Å². The first-order valence-corrected chi connectivity index (χ1v) is 10.6. The van der Waals surface area contributed by atoms with Gasteiger partial charge in [-0.05, 0) is 63.0 Å². The van der Waals surface area contributed by atoms with Crippen molar-refractivity contribution in [2.24, 2.45) is 0 Å². The Labute approximate surface area is 213 Å². The predicted octanol–water partition coefficient (Wildman–Crippen LogP) is 3.32. The number of carbonyl (C=O) groups excluding carboxylic acids is 1. The molecule has 0 amide bonds. The number of carbonyl (C=O) groups is 2. The zero-order valence-electron chi connectivity index (χ0n) is 14.7. The van der Waals surface area contributed by atoms with Gasteiger partial charge in [-0.25, -0.2) is 9.59 Å². The van der Waals surface area contributed by atoms with Crippen molar-refractivity contribution < 1.29 is 54.5 Å². The average Bonchev–Trinajstić information content (AvgIpc) is 3.26. The third-order valence-electron chi connectivity index (χ3n) is 3.28. The summed E-state index contributed by atoms with van der Waals surface area (Å²) in [5.74, 6) is -1.22. The fraction of sp³-hybridized carbons (Fsp3) is 0.176. The molecule has 0 aliphatic carbocycles. The molecule has 12 heteroatoms. The number of esters is 1. The second-order valence-corrected chi connectivity index (χ2v) is 9.97. The van der Waals surface area contributed by atoms with Crippen LogP contribution in [0.3, 0.4) is 0 Å². The Kier molecular flexibility index (Phi) is 12.0. The Bertz CT molecular complexity index is 1040. The summed E-state index contributed by atoms with van der Waals surface area (Å²) in [5, 5.41) is 8.64. The number of halogens is 2. The molecule has 0 unspecified atom stereocenters. The molecule has 4 heterocycles. The van der Waals surface area contributed by atoms with E-state index in [2.05, 4.69) is 41.8 Å². The number of ether oxygens (including phenoxy) is 1. The number of thiophene rings is 2. The SMILES string of the molecule is C.CCOC(=O)c1cc2sc(Br)cc2[nH]1.O=C(O)c1cc2sc(Br)cc2[nH]1.[Na+].[OH-]. The number of fused-ring (bicyclic) bond motifs is 2. The molecule has 0 aliphatic rings. The topological polar surface area (TPSA) is 125 Å². The fourth-order valence-electron chi connectivity index (χ4n) is 2.22. The van der Waals surface area contributed by atoms with Gasteiger partial charge >= 0.3 is 41.5 Å². The molecule has 0 bridgehead atoms. The number of carboxylic acid groups (broad SMARTS) is 1. The van der Waals surface area contributed by atoms with Crippen LogP contribution in [0.15, 0.2) is 31.8 Å². The molecule has 0 spiro atoms. The Morgan fingerprint density at radius 3 is 1.86 bits per heavy atom.